The summed E-state index contributed by atoms with van der Waals surface area (Å²) in [5, 5.41) is 4.90. The highest BCUT2D eigenvalue weighted by molar-refractivity contribution is 5.92. The van der Waals surface area contributed by atoms with Gasteiger partial charge in [0.05, 0.1) is 11.4 Å². The van der Waals surface area contributed by atoms with Gasteiger partial charge in [0.25, 0.3) is 0 Å². The molecule has 2 heterocycles. The number of hydrogen-bond acceptors (Lipinski definition) is 3. The van der Waals surface area contributed by atoms with Crippen molar-refractivity contribution in [1.29, 1.82) is 0 Å². The molecule has 0 N–H and O–H groups in total. The molecule has 10 rings (SSSR count). The molecule has 0 radical (unpaired) electrons. The highest BCUT2D eigenvalue weighted by atomic mass is 15.2. The van der Waals surface area contributed by atoms with E-state index in [0.29, 0.717) is 0 Å². The first-order chi connectivity index (χ1) is 28.0. The van der Waals surface area contributed by atoms with Crippen molar-refractivity contribution in [1.82, 2.24) is 4.98 Å². The van der Waals surface area contributed by atoms with Crippen LogP contribution in [0.15, 0.2) is 207 Å². The molecule has 3 heteroatoms. The summed E-state index contributed by atoms with van der Waals surface area (Å²) >= 11 is 0. The Balaban J connectivity index is 0.994. The highest BCUT2D eigenvalue weighted by Crippen LogP contribution is 2.52. The van der Waals surface area contributed by atoms with Crippen molar-refractivity contribution in [2.24, 2.45) is 0 Å². The Kier molecular flexibility index (Phi) is 8.49. The Morgan fingerprint density at radius 3 is 1.79 bits per heavy atom. The third-order valence-corrected chi connectivity index (χ3v) is 11.5. The van der Waals surface area contributed by atoms with Crippen LogP contribution < -0.4 is 9.80 Å². The first-order valence-electron chi connectivity index (χ1n) is 19.6. The molecule has 1 aliphatic heterocycles. The highest BCUT2D eigenvalue weighted by Gasteiger charge is 2.37. The average Bonchev–Trinajstić information content (AvgIpc) is 3.27. The van der Waals surface area contributed by atoms with Crippen LogP contribution in [0.2, 0.25) is 0 Å². The van der Waals surface area contributed by atoms with Crippen LogP contribution in [0, 0.1) is 0 Å². The Labute approximate surface area is 334 Å². The molecule has 0 unspecified atom stereocenters. The van der Waals surface area contributed by atoms with Gasteiger partial charge in [0.2, 0.25) is 0 Å². The lowest BCUT2D eigenvalue weighted by molar-refractivity contribution is 0.632. The third-order valence-electron chi connectivity index (χ3n) is 11.5. The number of anilines is 5. The smallest absolute Gasteiger partial charge is 0.0503 e. The van der Waals surface area contributed by atoms with E-state index in [0.717, 1.165) is 33.8 Å². The zero-order valence-corrected chi connectivity index (χ0v) is 32.0. The second kappa shape index (κ2) is 14.1. The number of nitrogens with zero attached hydrogens (tertiary/aromatic N) is 3. The monoisotopic (exact) mass is 731 g/mol. The SMILES string of the molecule is CC1(C)c2ccccc2N(c2cccc(-c3cccnc3)c2)c2ccc(-c3ccc(/C=C/N(c4ccc5ccccc5c4)c4ccc5ccccc5c4)cc3)cc21. The molecule has 0 saturated heterocycles. The molecule has 0 saturated carbocycles. The van der Waals surface area contributed by atoms with Gasteiger partial charge >= 0.3 is 0 Å². The van der Waals surface area contributed by atoms with E-state index in [-0.39, 0.29) is 5.41 Å². The third kappa shape index (κ3) is 6.33. The summed E-state index contributed by atoms with van der Waals surface area (Å²) in [5.74, 6) is 0. The van der Waals surface area contributed by atoms with Gasteiger partial charge in [-0.15, -0.1) is 0 Å². The maximum atomic E-state index is 4.38. The van der Waals surface area contributed by atoms with Crippen LogP contribution in [-0.2, 0) is 5.41 Å². The minimum atomic E-state index is -0.197. The molecule has 272 valence electrons. The molecule has 3 nitrogen and oxygen atoms in total. The minimum Gasteiger partial charge on any atom is -0.317 e. The fourth-order valence-corrected chi connectivity index (χ4v) is 8.44. The van der Waals surface area contributed by atoms with Gasteiger partial charge in [0.15, 0.2) is 0 Å². The van der Waals surface area contributed by atoms with Crippen molar-refractivity contribution < 1.29 is 0 Å². The second-order valence-electron chi connectivity index (χ2n) is 15.4. The zero-order valence-electron chi connectivity index (χ0n) is 32.0. The summed E-state index contributed by atoms with van der Waals surface area (Å²) < 4.78 is 0. The second-order valence-corrected chi connectivity index (χ2v) is 15.4. The largest absolute Gasteiger partial charge is 0.317 e. The summed E-state index contributed by atoms with van der Waals surface area (Å²) in [5.41, 5.74) is 14.0. The van der Waals surface area contributed by atoms with Gasteiger partial charge in [0, 0.05) is 46.6 Å². The standard InChI is InChI=1S/C54H41N3/c1-54(2)50-18-7-8-19-52(50)57(49-17-9-15-44(35-49)46-16-10-31-55-37-46)53-29-26-45(36-51(53)54)41-22-20-38(21-23-41)30-32-56(47-27-24-39-11-3-5-13-42(39)33-47)48-28-25-40-12-4-6-14-43(40)34-48/h3-37H,1-2H3/b32-30+. The minimum absolute atomic E-state index is 0.197. The summed E-state index contributed by atoms with van der Waals surface area (Å²) in [6, 6.07) is 68.1. The zero-order chi connectivity index (χ0) is 38.3. The maximum Gasteiger partial charge on any atom is 0.0503 e. The van der Waals surface area contributed by atoms with Gasteiger partial charge in [-0.3, -0.25) is 4.98 Å². The lowest BCUT2D eigenvalue weighted by atomic mass is 9.73. The van der Waals surface area contributed by atoms with Gasteiger partial charge in [-0.25, -0.2) is 0 Å². The van der Waals surface area contributed by atoms with E-state index in [4.69, 9.17) is 0 Å². The van der Waals surface area contributed by atoms with Crippen LogP contribution in [-0.4, -0.2) is 4.98 Å². The van der Waals surface area contributed by atoms with Crippen LogP contribution >= 0.6 is 0 Å². The van der Waals surface area contributed by atoms with Gasteiger partial charge < -0.3 is 9.80 Å². The molecule has 0 amide bonds. The Morgan fingerprint density at radius 1 is 0.474 bits per heavy atom. The topological polar surface area (TPSA) is 19.4 Å². The molecule has 0 aliphatic carbocycles. The molecular formula is C54H41N3. The van der Waals surface area contributed by atoms with Gasteiger partial charge in [-0.2, -0.15) is 0 Å². The van der Waals surface area contributed by atoms with Crippen LogP contribution in [0.1, 0.15) is 30.5 Å². The molecule has 8 aromatic carbocycles. The van der Waals surface area contributed by atoms with E-state index >= 15 is 0 Å². The normalized spacial score (nSPS) is 13.1. The van der Waals surface area contributed by atoms with Crippen LogP contribution in [0.3, 0.4) is 0 Å². The summed E-state index contributed by atoms with van der Waals surface area (Å²) in [4.78, 5) is 9.09. The molecule has 9 aromatic rings. The Morgan fingerprint density at radius 2 is 1.09 bits per heavy atom. The van der Waals surface area contributed by atoms with Crippen LogP contribution in [0.25, 0.3) is 49.9 Å². The van der Waals surface area contributed by atoms with Gasteiger partial charge in [0.1, 0.15) is 0 Å². The lowest BCUT2D eigenvalue weighted by Crippen LogP contribution is -2.30. The number of rotatable bonds is 7. The molecule has 0 atom stereocenters. The fraction of sp³-hybridized carbons (Fsp3) is 0.0556. The molecule has 0 spiro atoms. The van der Waals surface area contributed by atoms with Crippen molar-refractivity contribution in [2.75, 3.05) is 9.80 Å². The number of benzene rings is 8. The molecule has 1 aliphatic rings. The molecular weight excluding hydrogens is 691 g/mol. The number of para-hydroxylation sites is 1. The van der Waals surface area contributed by atoms with Crippen molar-refractivity contribution >= 4 is 56.1 Å². The maximum absolute atomic E-state index is 4.38. The molecule has 0 bridgehead atoms. The van der Waals surface area contributed by atoms with E-state index in [1.165, 1.54) is 55.2 Å². The molecule has 57 heavy (non-hydrogen) atoms. The predicted molar refractivity (Wildman–Crippen MR) is 241 cm³/mol. The number of hydrogen-bond donors (Lipinski definition) is 0. The molecule has 0 fully saturated rings. The predicted octanol–water partition coefficient (Wildman–Crippen LogP) is 14.6. The summed E-state index contributed by atoms with van der Waals surface area (Å²) in [6.07, 6.45) is 8.15. The van der Waals surface area contributed by atoms with E-state index in [1.807, 2.05) is 18.5 Å². The van der Waals surface area contributed by atoms with Crippen LogP contribution in [0.4, 0.5) is 28.4 Å². The molecule has 1 aromatic heterocycles. The van der Waals surface area contributed by atoms with E-state index in [2.05, 4.69) is 223 Å². The Hall–Kier alpha value is -7.23. The van der Waals surface area contributed by atoms with Crippen molar-refractivity contribution in [3.8, 4) is 22.3 Å². The van der Waals surface area contributed by atoms with E-state index in [9.17, 15) is 0 Å². The van der Waals surface area contributed by atoms with Crippen molar-refractivity contribution in [3.05, 3.63) is 223 Å². The summed E-state index contributed by atoms with van der Waals surface area (Å²) in [6.45, 7) is 4.70. The van der Waals surface area contributed by atoms with Gasteiger partial charge in [-0.1, -0.05) is 141 Å². The average molecular weight is 732 g/mol. The van der Waals surface area contributed by atoms with Crippen molar-refractivity contribution in [3.63, 3.8) is 0 Å². The number of fused-ring (bicyclic) bond motifs is 4. The van der Waals surface area contributed by atoms with E-state index in [1.54, 1.807) is 0 Å². The first kappa shape index (κ1) is 34.3. The number of aromatic nitrogens is 1. The van der Waals surface area contributed by atoms with Crippen molar-refractivity contribution in [2.45, 2.75) is 19.3 Å². The van der Waals surface area contributed by atoms with E-state index < -0.39 is 0 Å². The lowest BCUT2D eigenvalue weighted by Gasteiger charge is -2.42. The first-order valence-corrected chi connectivity index (χ1v) is 19.6. The summed E-state index contributed by atoms with van der Waals surface area (Å²) in [7, 11) is 0. The Bertz CT molecular complexity index is 2860. The fourth-order valence-electron chi connectivity index (χ4n) is 8.44. The number of pyridine rings is 1. The quantitative estimate of drug-likeness (QED) is 0.163. The van der Waals surface area contributed by atoms with Gasteiger partial charge in [-0.05, 0) is 122 Å². The van der Waals surface area contributed by atoms with Crippen LogP contribution in [0.5, 0.6) is 0 Å².